The molecular formula is C9H18BN2O2. The standard InChI is InChI=1S/C9H18BN2O2/c1-5-9(4,7(12)14)10-8(2,3)6(11)13/h5H2,1-4H3,(H2,11,13)(H2,12,14). The van der Waals surface area contributed by atoms with Gasteiger partial charge in [-0.1, -0.05) is 27.7 Å². The van der Waals surface area contributed by atoms with Crippen LogP contribution in [-0.2, 0) is 9.59 Å². The molecule has 2 amide bonds. The molecule has 0 saturated heterocycles. The minimum absolute atomic E-state index is 0.436. The molecule has 0 fully saturated rings. The van der Waals surface area contributed by atoms with E-state index in [1.54, 1.807) is 28.1 Å². The largest absolute Gasteiger partial charge is 0.370 e. The summed E-state index contributed by atoms with van der Waals surface area (Å²) in [5.41, 5.74) is 10.5. The van der Waals surface area contributed by atoms with Gasteiger partial charge < -0.3 is 11.5 Å². The Bertz CT molecular complexity index is 253. The molecule has 4 N–H and O–H groups in total. The van der Waals surface area contributed by atoms with Crippen LogP contribution in [0.1, 0.15) is 34.1 Å². The fraction of sp³-hybridized carbons (Fsp3) is 0.778. The zero-order chi connectivity index (χ0) is 11.6. The van der Waals surface area contributed by atoms with Crippen molar-refractivity contribution in [3.05, 3.63) is 0 Å². The molecule has 4 nitrogen and oxygen atoms in total. The highest BCUT2D eigenvalue weighted by atomic mass is 16.1. The molecule has 0 aliphatic rings. The molecule has 0 aromatic heterocycles. The lowest BCUT2D eigenvalue weighted by Gasteiger charge is -2.31. The van der Waals surface area contributed by atoms with Crippen molar-refractivity contribution in [2.24, 2.45) is 11.5 Å². The van der Waals surface area contributed by atoms with Crippen LogP contribution < -0.4 is 11.5 Å². The van der Waals surface area contributed by atoms with Crippen LogP contribution in [0.5, 0.6) is 0 Å². The lowest BCUT2D eigenvalue weighted by atomic mass is 9.39. The van der Waals surface area contributed by atoms with Crippen LogP contribution >= 0.6 is 0 Å². The number of hydrogen-bond donors (Lipinski definition) is 2. The van der Waals surface area contributed by atoms with Crippen molar-refractivity contribution in [2.75, 3.05) is 0 Å². The van der Waals surface area contributed by atoms with E-state index in [-0.39, 0.29) is 0 Å². The van der Waals surface area contributed by atoms with E-state index in [0.717, 1.165) is 0 Å². The third-order valence-electron chi connectivity index (χ3n) is 2.61. The molecule has 0 aliphatic carbocycles. The molecule has 1 radical (unpaired) electrons. The highest BCUT2D eigenvalue weighted by molar-refractivity contribution is 6.55. The Balaban J connectivity index is 4.79. The Labute approximate surface area is 85.6 Å². The van der Waals surface area contributed by atoms with E-state index in [1.165, 1.54) is 0 Å². The number of primary amides is 2. The van der Waals surface area contributed by atoms with Crippen LogP contribution in [0.2, 0.25) is 10.6 Å². The minimum Gasteiger partial charge on any atom is -0.370 e. The first kappa shape index (κ1) is 13.0. The first-order chi connectivity index (χ1) is 6.15. The minimum atomic E-state index is -0.820. The van der Waals surface area contributed by atoms with Gasteiger partial charge in [-0.05, 0) is 6.42 Å². The van der Waals surface area contributed by atoms with Crippen molar-refractivity contribution < 1.29 is 9.59 Å². The van der Waals surface area contributed by atoms with Crippen molar-refractivity contribution in [1.82, 2.24) is 0 Å². The molecule has 0 aromatic carbocycles. The summed E-state index contributed by atoms with van der Waals surface area (Å²) in [5.74, 6) is -0.896. The molecule has 14 heavy (non-hydrogen) atoms. The average Bonchev–Trinajstić information content (AvgIpc) is 2.02. The van der Waals surface area contributed by atoms with Crippen molar-refractivity contribution in [3.63, 3.8) is 0 Å². The van der Waals surface area contributed by atoms with Gasteiger partial charge >= 0.3 is 0 Å². The molecule has 0 rings (SSSR count). The zero-order valence-corrected chi connectivity index (χ0v) is 9.26. The predicted molar refractivity (Wildman–Crippen MR) is 56.8 cm³/mol. The number of carbonyl (C=O) groups is 2. The van der Waals surface area contributed by atoms with Gasteiger partial charge in [-0.15, -0.1) is 0 Å². The Morgan fingerprint density at radius 3 is 1.79 bits per heavy atom. The molecular weight excluding hydrogens is 179 g/mol. The van der Waals surface area contributed by atoms with Crippen molar-refractivity contribution >= 4 is 19.1 Å². The normalized spacial score (nSPS) is 15.7. The molecule has 1 atom stereocenters. The molecule has 0 saturated carbocycles. The summed E-state index contributed by atoms with van der Waals surface area (Å²) in [5, 5.41) is -1.60. The quantitative estimate of drug-likeness (QED) is 0.626. The van der Waals surface area contributed by atoms with Crippen LogP contribution in [0.15, 0.2) is 0 Å². The van der Waals surface area contributed by atoms with Gasteiger partial charge in [-0.2, -0.15) is 0 Å². The molecule has 0 aliphatic heterocycles. The number of amides is 2. The molecule has 79 valence electrons. The Kier molecular flexibility index (Phi) is 3.74. The van der Waals surface area contributed by atoms with Gasteiger partial charge in [0.05, 0.1) is 0 Å². The maximum Gasteiger partial charge on any atom is 0.215 e. The highest BCUT2D eigenvalue weighted by Gasteiger charge is 2.39. The Morgan fingerprint density at radius 1 is 1.14 bits per heavy atom. The van der Waals surface area contributed by atoms with Gasteiger partial charge in [0.2, 0.25) is 11.8 Å². The van der Waals surface area contributed by atoms with Crippen LogP contribution in [0.4, 0.5) is 0 Å². The summed E-state index contributed by atoms with van der Waals surface area (Å²) in [6.07, 6.45) is 0.555. The summed E-state index contributed by atoms with van der Waals surface area (Å²) in [7, 11) is 1.63. The summed E-state index contributed by atoms with van der Waals surface area (Å²) in [6, 6.07) is 0. The summed E-state index contributed by atoms with van der Waals surface area (Å²) in [4.78, 5) is 22.3. The van der Waals surface area contributed by atoms with Gasteiger partial charge in [-0.25, -0.2) is 0 Å². The zero-order valence-electron chi connectivity index (χ0n) is 9.26. The van der Waals surface area contributed by atoms with E-state index in [0.29, 0.717) is 6.42 Å². The predicted octanol–water partition coefficient (Wildman–Crippen LogP) is 0.448. The second-order valence-electron chi connectivity index (χ2n) is 4.37. The van der Waals surface area contributed by atoms with E-state index in [4.69, 9.17) is 11.5 Å². The number of carbonyl (C=O) groups excluding carboxylic acids is 2. The molecule has 0 aromatic rings. The van der Waals surface area contributed by atoms with Crippen LogP contribution in [0.25, 0.3) is 0 Å². The summed E-state index contributed by atoms with van der Waals surface area (Å²) < 4.78 is 0. The monoisotopic (exact) mass is 197 g/mol. The fourth-order valence-corrected chi connectivity index (χ4v) is 1.21. The summed E-state index contributed by atoms with van der Waals surface area (Å²) in [6.45, 7) is 6.90. The molecule has 0 spiro atoms. The lowest BCUT2D eigenvalue weighted by Crippen LogP contribution is -2.42. The number of nitrogens with two attached hydrogens (primary N) is 2. The fourth-order valence-electron chi connectivity index (χ4n) is 1.21. The van der Waals surface area contributed by atoms with E-state index in [9.17, 15) is 9.59 Å². The van der Waals surface area contributed by atoms with Crippen LogP contribution in [-0.4, -0.2) is 19.1 Å². The van der Waals surface area contributed by atoms with E-state index < -0.39 is 22.4 Å². The van der Waals surface area contributed by atoms with Gasteiger partial charge in [0, 0.05) is 10.6 Å². The van der Waals surface area contributed by atoms with Crippen molar-refractivity contribution in [2.45, 2.75) is 44.7 Å². The van der Waals surface area contributed by atoms with Gasteiger partial charge in [0.1, 0.15) is 7.28 Å². The Morgan fingerprint density at radius 2 is 1.57 bits per heavy atom. The van der Waals surface area contributed by atoms with Crippen molar-refractivity contribution in [1.29, 1.82) is 0 Å². The van der Waals surface area contributed by atoms with Crippen molar-refractivity contribution in [3.8, 4) is 0 Å². The highest BCUT2D eigenvalue weighted by Crippen LogP contribution is 2.37. The molecule has 5 heteroatoms. The smallest absolute Gasteiger partial charge is 0.215 e. The topological polar surface area (TPSA) is 86.2 Å². The maximum absolute atomic E-state index is 11.2. The second-order valence-corrected chi connectivity index (χ2v) is 4.37. The second kappa shape index (κ2) is 4.03. The summed E-state index contributed by atoms with van der Waals surface area (Å²) >= 11 is 0. The lowest BCUT2D eigenvalue weighted by molar-refractivity contribution is -0.121. The van der Waals surface area contributed by atoms with E-state index >= 15 is 0 Å². The average molecular weight is 197 g/mol. The van der Waals surface area contributed by atoms with Gasteiger partial charge in [0.25, 0.3) is 0 Å². The van der Waals surface area contributed by atoms with Crippen LogP contribution in [0, 0.1) is 0 Å². The van der Waals surface area contributed by atoms with E-state index in [1.807, 2.05) is 6.92 Å². The van der Waals surface area contributed by atoms with Gasteiger partial charge in [0.15, 0.2) is 0 Å². The number of rotatable bonds is 5. The van der Waals surface area contributed by atoms with E-state index in [2.05, 4.69) is 0 Å². The Hall–Kier alpha value is -0.995. The molecule has 0 bridgehead atoms. The maximum atomic E-state index is 11.2. The van der Waals surface area contributed by atoms with Gasteiger partial charge in [-0.3, -0.25) is 9.59 Å². The number of hydrogen-bond acceptors (Lipinski definition) is 2. The van der Waals surface area contributed by atoms with Crippen LogP contribution in [0.3, 0.4) is 0 Å². The third kappa shape index (κ3) is 2.75. The molecule has 1 unspecified atom stereocenters. The first-order valence-corrected chi connectivity index (χ1v) is 4.62. The third-order valence-corrected chi connectivity index (χ3v) is 2.61. The SMILES string of the molecule is CCC(C)([B]C(C)(C)C(N)=O)C(N)=O. The molecule has 0 heterocycles. The first-order valence-electron chi connectivity index (χ1n) is 4.62.